The first-order chi connectivity index (χ1) is 23.3. The molecule has 0 rings (SSSR count). The van der Waals surface area contributed by atoms with Crippen molar-refractivity contribution in [3.63, 3.8) is 0 Å². The van der Waals surface area contributed by atoms with E-state index in [2.05, 4.69) is 38.2 Å². The molecule has 10 heteroatoms. The lowest BCUT2D eigenvalue weighted by Crippen LogP contribution is -2.29. The molecule has 48 heavy (non-hydrogen) atoms. The zero-order valence-electron chi connectivity index (χ0n) is 30.7. The fraction of sp³-hybridized carbons (Fsp3) is 0.842. The maximum atomic E-state index is 12.5. The molecule has 0 spiro atoms. The van der Waals surface area contributed by atoms with E-state index in [9.17, 15) is 19.0 Å². The highest BCUT2D eigenvalue weighted by Crippen LogP contribution is 2.43. The van der Waals surface area contributed by atoms with Crippen LogP contribution in [-0.4, -0.2) is 49.3 Å². The zero-order chi connectivity index (χ0) is 35.4. The third-order valence-electron chi connectivity index (χ3n) is 8.09. The van der Waals surface area contributed by atoms with Gasteiger partial charge in [0.25, 0.3) is 0 Å². The Morgan fingerprint density at radius 2 is 1.10 bits per heavy atom. The van der Waals surface area contributed by atoms with Gasteiger partial charge in [0.2, 0.25) is 0 Å². The van der Waals surface area contributed by atoms with E-state index in [1.165, 1.54) is 96.3 Å². The molecule has 1 unspecified atom stereocenters. The van der Waals surface area contributed by atoms with Crippen LogP contribution in [0.4, 0.5) is 0 Å². The molecular weight excluding hydrogens is 629 g/mol. The highest BCUT2D eigenvalue weighted by atomic mass is 31.2. The van der Waals surface area contributed by atoms with Crippen LogP contribution >= 0.6 is 7.82 Å². The molecular formula is C38H72NO8P. The zero-order valence-corrected chi connectivity index (χ0v) is 31.6. The standard InChI is InChI=1S/C38H72NO8P/c1-3-5-7-9-11-13-15-16-17-18-19-20-21-23-24-26-28-30-37(40)44-34-36(35-46-48(42,43)45-33-32-39)47-38(41)31-29-27-25-22-14-12-10-8-6-4-2/h19-20,23-24,36H,3-18,21-22,25-35,39H2,1-2H3,(H,42,43)/b20-19+,24-23+/t36-/m0/s1. The maximum Gasteiger partial charge on any atom is 0.472 e. The molecule has 0 bridgehead atoms. The van der Waals surface area contributed by atoms with Gasteiger partial charge in [-0.2, -0.15) is 0 Å². The van der Waals surface area contributed by atoms with Crippen LogP contribution in [0.25, 0.3) is 0 Å². The number of carbonyl (C=O) groups is 2. The number of rotatable bonds is 36. The van der Waals surface area contributed by atoms with Crippen LogP contribution in [-0.2, 0) is 32.7 Å². The molecule has 0 aliphatic rings. The Balaban J connectivity index is 4.24. The first-order valence-electron chi connectivity index (χ1n) is 19.3. The van der Waals surface area contributed by atoms with Crippen molar-refractivity contribution in [3.05, 3.63) is 24.3 Å². The van der Waals surface area contributed by atoms with Gasteiger partial charge < -0.3 is 20.1 Å². The van der Waals surface area contributed by atoms with E-state index in [4.69, 9.17) is 24.3 Å². The average Bonchev–Trinajstić information content (AvgIpc) is 3.07. The number of allylic oxidation sites excluding steroid dienone is 4. The van der Waals surface area contributed by atoms with E-state index >= 15 is 0 Å². The van der Waals surface area contributed by atoms with Crippen molar-refractivity contribution in [3.8, 4) is 0 Å². The van der Waals surface area contributed by atoms with Crippen LogP contribution in [0.15, 0.2) is 24.3 Å². The Hall–Kier alpha value is -1.51. The van der Waals surface area contributed by atoms with E-state index in [1.807, 2.05) is 0 Å². The molecule has 3 N–H and O–H groups in total. The summed E-state index contributed by atoms with van der Waals surface area (Å²) in [5, 5.41) is 0. The number of phosphoric acid groups is 1. The van der Waals surface area contributed by atoms with Gasteiger partial charge in [0.05, 0.1) is 13.2 Å². The van der Waals surface area contributed by atoms with Gasteiger partial charge in [0, 0.05) is 19.4 Å². The highest BCUT2D eigenvalue weighted by Gasteiger charge is 2.25. The van der Waals surface area contributed by atoms with Crippen molar-refractivity contribution in [2.45, 2.75) is 180 Å². The van der Waals surface area contributed by atoms with Gasteiger partial charge in [-0.15, -0.1) is 0 Å². The Morgan fingerprint density at radius 1 is 0.625 bits per heavy atom. The molecule has 0 amide bonds. The number of phosphoric ester groups is 1. The van der Waals surface area contributed by atoms with E-state index in [0.29, 0.717) is 12.8 Å². The summed E-state index contributed by atoms with van der Waals surface area (Å²) in [6, 6.07) is 0. The number of esters is 2. The predicted octanol–water partition coefficient (Wildman–Crippen LogP) is 10.4. The van der Waals surface area contributed by atoms with Crippen molar-refractivity contribution >= 4 is 19.8 Å². The van der Waals surface area contributed by atoms with Gasteiger partial charge in [0.15, 0.2) is 6.10 Å². The van der Waals surface area contributed by atoms with E-state index in [1.54, 1.807) is 0 Å². The lowest BCUT2D eigenvalue weighted by atomic mass is 10.1. The number of ether oxygens (including phenoxy) is 2. The van der Waals surface area contributed by atoms with Crippen LogP contribution in [0.1, 0.15) is 174 Å². The van der Waals surface area contributed by atoms with Crippen molar-refractivity contribution in [2.24, 2.45) is 5.73 Å². The van der Waals surface area contributed by atoms with Crippen LogP contribution in [0.5, 0.6) is 0 Å². The quantitative estimate of drug-likeness (QED) is 0.0283. The lowest BCUT2D eigenvalue weighted by molar-refractivity contribution is -0.161. The van der Waals surface area contributed by atoms with Crippen LogP contribution in [0, 0.1) is 0 Å². The highest BCUT2D eigenvalue weighted by molar-refractivity contribution is 7.47. The summed E-state index contributed by atoms with van der Waals surface area (Å²) in [4.78, 5) is 34.6. The Bertz CT molecular complexity index is 851. The molecule has 0 aromatic carbocycles. The second-order valence-electron chi connectivity index (χ2n) is 12.8. The third-order valence-corrected chi connectivity index (χ3v) is 9.07. The van der Waals surface area contributed by atoms with E-state index in [0.717, 1.165) is 38.5 Å². The second kappa shape index (κ2) is 35.3. The molecule has 0 aromatic heterocycles. The summed E-state index contributed by atoms with van der Waals surface area (Å²) in [5.41, 5.74) is 5.32. The molecule has 0 saturated carbocycles. The molecule has 0 aromatic rings. The first kappa shape index (κ1) is 46.5. The summed E-state index contributed by atoms with van der Waals surface area (Å²) in [6.45, 7) is 3.66. The molecule has 0 aliphatic carbocycles. The minimum atomic E-state index is -4.37. The number of carbonyl (C=O) groups excluding carboxylic acids is 2. The Morgan fingerprint density at radius 3 is 1.65 bits per heavy atom. The molecule has 0 aliphatic heterocycles. The van der Waals surface area contributed by atoms with E-state index < -0.39 is 32.5 Å². The Kier molecular flexibility index (Phi) is 34.2. The normalized spacial score (nSPS) is 13.7. The topological polar surface area (TPSA) is 134 Å². The lowest BCUT2D eigenvalue weighted by Gasteiger charge is -2.19. The minimum Gasteiger partial charge on any atom is -0.462 e. The number of hydrogen-bond donors (Lipinski definition) is 2. The number of nitrogens with two attached hydrogens (primary N) is 1. The van der Waals surface area contributed by atoms with Gasteiger partial charge in [0.1, 0.15) is 6.61 Å². The largest absolute Gasteiger partial charge is 0.472 e. The SMILES string of the molecule is CCCCCCCCCCC/C=C/C/C=C/CCCC(=O)OC[C@@H](COP(=O)(O)OCCN)OC(=O)CCCCCCCCCCCC. The van der Waals surface area contributed by atoms with Gasteiger partial charge in [-0.1, -0.05) is 147 Å². The van der Waals surface area contributed by atoms with Gasteiger partial charge in [-0.3, -0.25) is 18.6 Å². The molecule has 9 nitrogen and oxygen atoms in total. The van der Waals surface area contributed by atoms with Gasteiger partial charge >= 0.3 is 19.8 Å². The van der Waals surface area contributed by atoms with Crippen molar-refractivity contribution < 1.29 is 37.6 Å². The van der Waals surface area contributed by atoms with Crippen molar-refractivity contribution in [1.29, 1.82) is 0 Å². The van der Waals surface area contributed by atoms with Gasteiger partial charge in [-0.05, 0) is 38.5 Å². The summed E-state index contributed by atoms with van der Waals surface area (Å²) >= 11 is 0. The smallest absolute Gasteiger partial charge is 0.462 e. The minimum absolute atomic E-state index is 0.0497. The van der Waals surface area contributed by atoms with Crippen LogP contribution in [0.3, 0.4) is 0 Å². The van der Waals surface area contributed by atoms with Crippen LogP contribution < -0.4 is 5.73 Å². The molecule has 0 radical (unpaired) electrons. The molecule has 282 valence electrons. The average molecular weight is 702 g/mol. The monoisotopic (exact) mass is 701 g/mol. The molecule has 0 saturated heterocycles. The summed E-state index contributed by atoms with van der Waals surface area (Å²) in [6.07, 6.45) is 35.1. The summed E-state index contributed by atoms with van der Waals surface area (Å²) in [5.74, 6) is -0.881. The third kappa shape index (κ3) is 34.4. The summed E-state index contributed by atoms with van der Waals surface area (Å²) < 4.78 is 32.6. The fourth-order valence-corrected chi connectivity index (χ4v) is 5.97. The second-order valence-corrected chi connectivity index (χ2v) is 14.3. The summed E-state index contributed by atoms with van der Waals surface area (Å²) in [7, 11) is -4.37. The van der Waals surface area contributed by atoms with Gasteiger partial charge in [-0.25, -0.2) is 4.57 Å². The van der Waals surface area contributed by atoms with E-state index in [-0.39, 0.29) is 32.6 Å². The molecule has 0 fully saturated rings. The predicted molar refractivity (Wildman–Crippen MR) is 197 cm³/mol. The first-order valence-corrected chi connectivity index (χ1v) is 20.8. The molecule has 0 heterocycles. The van der Waals surface area contributed by atoms with Crippen molar-refractivity contribution in [2.75, 3.05) is 26.4 Å². The molecule has 2 atom stereocenters. The Labute approximate surface area is 293 Å². The number of unbranched alkanes of at least 4 members (excludes halogenated alkanes) is 19. The number of hydrogen-bond acceptors (Lipinski definition) is 8. The van der Waals surface area contributed by atoms with Crippen molar-refractivity contribution in [1.82, 2.24) is 0 Å². The van der Waals surface area contributed by atoms with Crippen LogP contribution in [0.2, 0.25) is 0 Å². The maximum absolute atomic E-state index is 12.5. The fourth-order valence-electron chi connectivity index (χ4n) is 5.20.